The summed E-state index contributed by atoms with van der Waals surface area (Å²) >= 11 is 0. The highest BCUT2D eigenvalue weighted by atomic mass is 19.4. The van der Waals surface area contributed by atoms with Crippen LogP contribution in [-0.4, -0.2) is 65.9 Å². The van der Waals surface area contributed by atoms with Crippen LogP contribution in [-0.2, 0) is 19.2 Å². The lowest BCUT2D eigenvalue weighted by atomic mass is 9.85. The van der Waals surface area contributed by atoms with E-state index in [4.69, 9.17) is 0 Å². The van der Waals surface area contributed by atoms with Gasteiger partial charge in [0.25, 0.3) is 0 Å². The van der Waals surface area contributed by atoms with E-state index < -0.39 is 53.4 Å². The molecular weight excluding hydrogens is 479 g/mol. The summed E-state index contributed by atoms with van der Waals surface area (Å²) in [6.45, 7) is 9.22. The van der Waals surface area contributed by atoms with Crippen molar-refractivity contribution < 1.29 is 32.3 Å². The third-order valence-corrected chi connectivity index (χ3v) is 7.80. The Bertz CT molecular complexity index is 968. The molecule has 2 heterocycles. The standard InChI is InChI=1S/C24H34F3N5O4/c1-22(2,3)17(31-21(36)24(25,26)27)20(35)32-11-14-15(23(14,4)5)16(32)19(34)30-13(10-28)9-12-7-6-8-29-18(12)33/h12-17H,6-9,11H2,1-5H3,(H,29,33)(H,30,34)(H,31,36)/t12-,13-,14?,15?,16?,17+/m0/s1. The topological polar surface area (TPSA) is 131 Å². The molecule has 12 heteroatoms. The van der Waals surface area contributed by atoms with Gasteiger partial charge in [-0.15, -0.1) is 0 Å². The molecule has 3 unspecified atom stereocenters. The highest BCUT2D eigenvalue weighted by Gasteiger charge is 2.70. The minimum Gasteiger partial charge on any atom is -0.356 e. The highest BCUT2D eigenvalue weighted by molar-refractivity contribution is 5.95. The summed E-state index contributed by atoms with van der Waals surface area (Å²) in [6.07, 6.45) is -3.68. The van der Waals surface area contributed by atoms with Crippen molar-refractivity contribution in [2.45, 2.75) is 78.2 Å². The third kappa shape index (κ3) is 5.44. The van der Waals surface area contributed by atoms with Gasteiger partial charge in [-0.1, -0.05) is 34.6 Å². The second-order valence-electron chi connectivity index (χ2n) is 11.7. The van der Waals surface area contributed by atoms with E-state index in [1.807, 2.05) is 25.2 Å². The smallest absolute Gasteiger partial charge is 0.356 e. The van der Waals surface area contributed by atoms with Crippen molar-refractivity contribution in [1.29, 1.82) is 5.26 Å². The van der Waals surface area contributed by atoms with Gasteiger partial charge < -0.3 is 20.9 Å². The molecule has 0 spiro atoms. The molecule has 0 bridgehead atoms. The number of rotatable bonds is 6. The lowest BCUT2D eigenvalue weighted by Crippen LogP contribution is -2.61. The van der Waals surface area contributed by atoms with Gasteiger partial charge in [0, 0.05) is 19.0 Å². The van der Waals surface area contributed by atoms with Crippen LogP contribution in [0.4, 0.5) is 13.2 Å². The molecule has 3 rings (SSSR count). The van der Waals surface area contributed by atoms with Gasteiger partial charge in [-0.25, -0.2) is 0 Å². The average molecular weight is 514 g/mol. The molecule has 1 saturated carbocycles. The van der Waals surface area contributed by atoms with Crippen molar-refractivity contribution in [3.05, 3.63) is 0 Å². The fraction of sp³-hybridized carbons (Fsp3) is 0.792. The number of alkyl halides is 3. The molecule has 4 amide bonds. The van der Waals surface area contributed by atoms with Crippen LogP contribution in [0.25, 0.3) is 0 Å². The number of likely N-dealkylation sites (tertiary alicyclic amines) is 1. The van der Waals surface area contributed by atoms with Crippen LogP contribution in [0.1, 0.15) is 53.9 Å². The first kappa shape index (κ1) is 27.7. The van der Waals surface area contributed by atoms with Crippen molar-refractivity contribution in [3.63, 3.8) is 0 Å². The second kappa shape index (κ2) is 9.56. The maximum absolute atomic E-state index is 13.5. The zero-order chi connectivity index (χ0) is 27.2. The van der Waals surface area contributed by atoms with Gasteiger partial charge in [0.05, 0.1) is 6.07 Å². The van der Waals surface area contributed by atoms with Gasteiger partial charge in [0.2, 0.25) is 17.7 Å². The normalized spacial score (nSPS) is 28.8. The van der Waals surface area contributed by atoms with E-state index in [2.05, 4.69) is 10.6 Å². The molecule has 9 nitrogen and oxygen atoms in total. The molecule has 0 radical (unpaired) electrons. The largest absolute Gasteiger partial charge is 0.471 e. The van der Waals surface area contributed by atoms with Crippen LogP contribution in [0.15, 0.2) is 0 Å². The van der Waals surface area contributed by atoms with Crippen LogP contribution in [0.2, 0.25) is 0 Å². The van der Waals surface area contributed by atoms with Crippen molar-refractivity contribution >= 4 is 23.6 Å². The first-order chi connectivity index (χ1) is 16.5. The Labute approximate surface area is 208 Å². The molecule has 36 heavy (non-hydrogen) atoms. The van der Waals surface area contributed by atoms with E-state index in [1.165, 1.54) is 25.7 Å². The molecule has 3 fully saturated rings. The Morgan fingerprint density at radius 2 is 1.86 bits per heavy atom. The average Bonchev–Trinajstić information content (AvgIpc) is 3.09. The molecule has 0 aromatic carbocycles. The van der Waals surface area contributed by atoms with Gasteiger partial charge in [0.1, 0.15) is 18.1 Å². The maximum Gasteiger partial charge on any atom is 0.471 e. The van der Waals surface area contributed by atoms with Crippen LogP contribution in [0.5, 0.6) is 0 Å². The first-order valence-electron chi connectivity index (χ1n) is 12.2. The summed E-state index contributed by atoms with van der Waals surface area (Å²) in [7, 11) is 0. The molecule has 2 saturated heterocycles. The first-order valence-corrected chi connectivity index (χ1v) is 12.2. The van der Waals surface area contributed by atoms with Gasteiger partial charge in [-0.05, 0) is 41.9 Å². The van der Waals surface area contributed by atoms with Crippen LogP contribution in [0.3, 0.4) is 0 Å². The number of carbonyl (C=O) groups is 4. The lowest BCUT2D eigenvalue weighted by Gasteiger charge is -2.38. The Morgan fingerprint density at radius 3 is 2.39 bits per heavy atom. The monoisotopic (exact) mass is 513 g/mol. The second-order valence-corrected chi connectivity index (χ2v) is 11.7. The minimum atomic E-state index is -5.17. The number of fused-ring (bicyclic) bond motifs is 1. The number of hydrogen-bond donors (Lipinski definition) is 3. The Hall–Kier alpha value is -2.84. The van der Waals surface area contributed by atoms with Crippen molar-refractivity contribution in [1.82, 2.24) is 20.9 Å². The predicted molar refractivity (Wildman–Crippen MR) is 122 cm³/mol. The van der Waals surface area contributed by atoms with E-state index in [0.717, 1.165) is 6.42 Å². The highest BCUT2D eigenvalue weighted by Crippen LogP contribution is 2.65. The van der Waals surface area contributed by atoms with Crippen molar-refractivity contribution in [2.24, 2.45) is 28.6 Å². The molecule has 3 N–H and O–H groups in total. The fourth-order valence-corrected chi connectivity index (χ4v) is 5.59. The van der Waals surface area contributed by atoms with Crippen molar-refractivity contribution in [3.8, 4) is 6.07 Å². The van der Waals surface area contributed by atoms with E-state index in [-0.39, 0.29) is 36.1 Å². The number of carbonyl (C=O) groups excluding carboxylic acids is 4. The number of hydrogen-bond acceptors (Lipinski definition) is 5. The fourth-order valence-electron chi connectivity index (χ4n) is 5.59. The van der Waals surface area contributed by atoms with E-state index >= 15 is 0 Å². The molecule has 3 aliphatic rings. The number of amides is 4. The van der Waals surface area contributed by atoms with Gasteiger partial charge in [0.15, 0.2) is 0 Å². The summed E-state index contributed by atoms with van der Waals surface area (Å²) < 4.78 is 38.9. The SMILES string of the molecule is CC1(C)C2CN(C(=O)[C@@H](NC(=O)C(F)(F)F)C(C)(C)C)C(C(=O)N[C@H](C#N)C[C@@H]3CCCNC3=O)C21. The number of piperidine rings is 2. The summed E-state index contributed by atoms with van der Waals surface area (Å²) in [4.78, 5) is 51.9. The zero-order valence-electron chi connectivity index (χ0n) is 21.2. The Kier molecular flexibility index (Phi) is 7.37. The maximum atomic E-state index is 13.5. The van der Waals surface area contributed by atoms with Crippen LogP contribution < -0.4 is 16.0 Å². The number of halogens is 3. The summed E-state index contributed by atoms with van der Waals surface area (Å²) in [6, 6.07) is -1.47. The molecular formula is C24H34F3N5O4. The molecule has 0 aromatic rings. The van der Waals surface area contributed by atoms with Gasteiger partial charge in [-0.2, -0.15) is 18.4 Å². The van der Waals surface area contributed by atoms with Crippen LogP contribution >= 0.6 is 0 Å². The van der Waals surface area contributed by atoms with Crippen LogP contribution in [0, 0.1) is 39.9 Å². The molecule has 2 aliphatic heterocycles. The summed E-state index contributed by atoms with van der Waals surface area (Å²) in [5.74, 6) is -4.46. The Morgan fingerprint density at radius 1 is 1.22 bits per heavy atom. The minimum absolute atomic E-state index is 0.0409. The summed E-state index contributed by atoms with van der Waals surface area (Å²) in [5.41, 5.74) is -1.33. The number of nitrogens with one attached hydrogen (secondary N) is 3. The molecule has 1 aliphatic carbocycles. The number of nitrogens with zero attached hydrogens (tertiary/aromatic N) is 2. The molecule has 6 atom stereocenters. The van der Waals surface area contributed by atoms with E-state index in [9.17, 15) is 37.6 Å². The number of nitriles is 1. The lowest BCUT2D eigenvalue weighted by molar-refractivity contribution is -0.176. The van der Waals surface area contributed by atoms with Gasteiger partial charge in [-0.3, -0.25) is 19.2 Å². The van der Waals surface area contributed by atoms with E-state index in [1.54, 1.807) is 0 Å². The zero-order valence-corrected chi connectivity index (χ0v) is 21.2. The third-order valence-electron chi connectivity index (χ3n) is 7.80. The molecule has 200 valence electrons. The van der Waals surface area contributed by atoms with Crippen molar-refractivity contribution in [2.75, 3.05) is 13.1 Å². The quantitative estimate of drug-likeness (QED) is 0.495. The Balaban J connectivity index is 1.80. The van der Waals surface area contributed by atoms with E-state index in [0.29, 0.717) is 13.0 Å². The summed E-state index contributed by atoms with van der Waals surface area (Å²) in [5, 5.41) is 16.8. The van der Waals surface area contributed by atoms with Gasteiger partial charge >= 0.3 is 12.1 Å². The molecule has 0 aromatic heterocycles. The predicted octanol–water partition coefficient (Wildman–Crippen LogP) is 1.49.